The maximum Gasteiger partial charge on any atom is 0.322 e. The molecule has 0 bridgehead atoms. The lowest BCUT2D eigenvalue weighted by Crippen LogP contribution is -2.44. The number of nitrogens with zero attached hydrogens (tertiary/aromatic N) is 1. The Morgan fingerprint density at radius 1 is 1.31 bits per heavy atom. The topological polar surface area (TPSA) is 69.0 Å². The van der Waals surface area contributed by atoms with Crippen LogP contribution in [0.15, 0.2) is 53.3 Å². The van der Waals surface area contributed by atoms with Crippen molar-refractivity contribution in [1.82, 2.24) is 4.90 Å². The van der Waals surface area contributed by atoms with Crippen LogP contribution in [0.25, 0.3) is 0 Å². The molecule has 3 heterocycles. The summed E-state index contributed by atoms with van der Waals surface area (Å²) in [5.41, 5.74) is 0.498. The van der Waals surface area contributed by atoms with Gasteiger partial charge in [0.2, 0.25) is 5.91 Å². The number of ether oxygens (including phenoxy) is 2. The van der Waals surface area contributed by atoms with Gasteiger partial charge in [0.1, 0.15) is 0 Å². The molecule has 6 nitrogen and oxygen atoms in total. The normalized spacial score (nSPS) is 27.6. The fourth-order valence-corrected chi connectivity index (χ4v) is 4.00. The van der Waals surface area contributed by atoms with Crippen LogP contribution in [0.5, 0.6) is 0 Å². The Morgan fingerprint density at radius 2 is 2.12 bits per heavy atom. The first kappa shape index (κ1) is 16.8. The van der Waals surface area contributed by atoms with E-state index in [1.807, 2.05) is 30.3 Å². The van der Waals surface area contributed by atoms with E-state index in [9.17, 15) is 9.59 Å². The highest BCUT2D eigenvalue weighted by Gasteiger charge is 2.61. The molecular formula is C20H21NO5. The van der Waals surface area contributed by atoms with Crippen LogP contribution < -0.4 is 0 Å². The Balaban J connectivity index is 1.68. The standard InChI is InChI=1S/C20H21NO5/c1-2-25-19(23)20(10-14-8-9-24-12-14)11-16-13-26-17(21(16)18(20)22)15-6-4-3-5-7-15/h3-9,12,16-17H,2,10-11,13H2,1H3/t16-,17+,20-/m0/s1. The molecule has 2 aromatic rings. The summed E-state index contributed by atoms with van der Waals surface area (Å²) < 4.78 is 16.3. The quantitative estimate of drug-likeness (QED) is 0.609. The Kier molecular flexibility index (Phi) is 4.28. The highest BCUT2D eigenvalue weighted by atomic mass is 16.5. The van der Waals surface area contributed by atoms with Crippen molar-refractivity contribution < 1.29 is 23.5 Å². The predicted octanol–water partition coefficient (Wildman–Crippen LogP) is 2.70. The summed E-state index contributed by atoms with van der Waals surface area (Å²) in [5.74, 6) is -0.694. The minimum atomic E-state index is -1.22. The van der Waals surface area contributed by atoms with Gasteiger partial charge < -0.3 is 18.8 Å². The van der Waals surface area contributed by atoms with Gasteiger partial charge in [0, 0.05) is 12.0 Å². The third-order valence-corrected chi connectivity index (χ3v) is 5.16. The second kappa shape index (κ2) is 6.61. The average molecular weight is 355 g/mol. The first-order chi connectivity index (χ1) is 12.7. The van der Waals surface area contributed by atoms with Crippen LogP contribution in [0.3, 0.4) is 0 Å². The summed E-state index contributed by atoms with van der Waals surface area (Å²) in [6.07, 6.45) is 3.32. The molecular weight excluding hydrogens is 334 g/mol. The van der Waals surface area contributed by atoms with Crippen molar-refractivity contribution in [3.63, 3.8) is 0 Å². The van der Waals surface area contributed by atoms with E-state index < -0.39 is 17.6 Å². The molecule has 0 aliphatic carbocycles. The zero-order chi connectivity index (χ0) is 18.1. The monoisotopic (exact) mass is 355 g/mol. The fourth-order valence-electron chi connectivity index (χ4n) is 4.00. The van der Waals surface area contributed by atoms with Gasteiger partial charge in [-0.15, -0.1) is 0 Å². The Labute approximate surface area is 151 Å². The minimum absolute atomic E-state index is 0.135. The van der Waals surface area contributed by atoms with Gasteiger partial charge in [-0.1, -0.05) is 30.3 Å². The second-order valence-electron chi connectivity index (χ2n) is 6.78. The molecule has 26 heavy (non-hydrogen) atoms. The van der Waals surface area contributed by atoms with E-state index >= 15 is 0 Å². The van der Waals surface area contributed by atoms with Crippen LogP contribution in [0.4, 0.5) is 0 Å². The Bertz CT molecular complexity index is 788. The van der Waals surface area contributed by atoms with Crippen LogP contribution in [0.1, 0.15) is 30.7 Å². The van der Waals surface area contributed by atoms with Crippen LogP contribution in [0, 0.1) is 5.41 Å². The van der Waals surface area contributed by atoms with Crippen LogP contribution in [0.2, 0.25) is 0 Å². The SMILES string of the molecule is CCOC(=O)[C@@]1(Cc2ccoc2)C[C@H]2CO[C@H](c3ccccc3)N2C1=O. The number of rotatable bonds is 5. The van der Waals surface area contributed by atoms with Gasteiger partial charge in [-0.25, -0.2) is 0 Å². The molecule has 0 radical (unpaired) electrons. The van der Waals surface area contributed by atoms with E-state index in [0.717, 1.165) is 11.1 Å². The summed E-state index contributed by atoms with van der Waals surface area (Å²) in [7, 11) is 0. The highest BCUT2D eigenvalue weighted by Crippen LogP contribution is 2.47. The van der Waals surface area contributed by atoms with Crippen molar-refractivity contribution in [2.75, 3.05) is 13.2 Å². The van der Waals surface area contributed by atoms with Crippen LogP contribution in [-0.4, -0.2) is 36.0 Å². The summed E-state index contributed by atoms with van der Waals surface area (Å²) in [6, 6.07) is 11.3. The maximum atomic E-state index is 13.4. The summed E-state index contributed by atoms with van der Waals surface area (Å²) >= 11 is 0. The number of fused-ring (bicyclic) bond motifs is 1. The number of amides is 1. The summed E-state index contributed by atoms with van der Waals surface area (Å²) in [4.78, 5) is 28.0. The molecule has 136 valence electrons. The van der Waals surface area contributed by atoms with E-state index in [1.54, 1.807) is 30.4 Å². The molecule has 1 amide bonds. The lowest BCUT2D eigenvalue weighted by molar-refractivity contribution is -0.163. The van der Waals surface area contributed by atoms with Gasteiger partial charge in [0.05, 0.1) is 31.8 Å². The number of esters is 1. The highest BCUT2D eigenvalue weighted by molar-refractivity contribution is 6.05. The third-order valence-electron chi connectivity index (χ3n) is 5.16. The minimum Gasteiger partial charge on any atom is -0.472 e. The zero-order valence-electron chi connectivity index (χ0n) is 14.6. The number of hydrogen-bond donors (Lipinski definition) is 0. The average Bonchev–Trinajstić information content (AvgIpc) is 3.36. The Morgan fingerprint density at radius 3 is 2.81 bits per heavy atom. The second-order valence-corrected chi connectivity index (χ2v) is 6.78. The van der Waals surface area contributed by atoms with Crippen molar-refractivity contribution >= 4 is 11.9 Å². The number of carbonyl (C=O) groups is 2. The van der Waals surface area contributed by atoms with E-state index in [2.05, 4.69) is 0 Å². The first-order valence-electron chi connectivity index (χ1n) is 8.83. The zero-order valence-corrected chi connectivity index (χ0v) is 14.6. The molecule has 4 rings (SSSR count). The molecule has 0 unspecified atom stereocenters. The molecule has 3 atom stereocenters. The lowest BCUT2D eigenvalue weighted by atomic mass is 9.79. The number of furan rings is 1. The number of hydrogen-bond acceptors (Lipinski definition) is 5. The molecule has 1 aromatic carbocycles. The predicted molar refractivity (Wildman–Crippen MR) is 91.9 cm³/mol. The molecule has 1 aromatic heterocycles. The summed E-state index contributed by atoms with van der Waals surface area (Å²) in [5, 5.41) is 0. The van der Waals surface area contributed by atoms with Gasteiger partial charge in [-0.05, 0) is 25.0 Å². The lowest BCUT2D eigenvalue weighted by Gasteiger charge is -2.28. The van der Waals surface area contributed by atoms with E-state index in [-0.39, 0.29) is 25.0 Å². The van der Waals surface area contributed by atoms with Crippen molar-refractivity contribution in [3.05, 3.63) is 60.1 Å². The largest absolute Gasteiger partial charge is 0.472 e. The summed E-state index contributed by atoms with van der Waals surface area (Å²) in [6.45, 7) is 2.40. The van der Waals surface area contributed by atoms with Crippen molar-refractivity contribution in [1.29, 1.82) is 0 Å². The molecule has 2 aliphatic heterocycles. The molecule has 2 aliphatic rings. The molecule has 2 saturated heterocycles. The Hall–Kier alpha value is -2.60. The van der Waals surface area contributed by atoms with Gasteiger partial charge >= 0.3 is 5.97 Å². The van der Waals surface area contributed by atoms with Gasteiger partial charge in [-0.2, -0.15) is 0 Å². The number of benzene rings is 1. The van der Waals surface area contributed by atoms with E-state index in [4.69, 9.17) is 13.9 Å². The van der Waals surface area contributed by atoms with Gasteiger partial charge in [-0.3, -0.25) is 9.59 Å². The first-order valence-corrected chi connectivity index (χ1v) is 8.83. The van der Waals surface area contributed by atoms with Gasteiger partial charge in [0.15, 0.2) is 11.6 Å². The molecule has 0 N–H and O–H groups in total. The number of carbonyl (C=O) groups excluding carboxylic acids is 2. The fraction of sp³-hybridized carbons (Fsp3) is 0.400. The van der Waals surface area contributed by atoms with Crippen molar-refractivity contribution in [2.45, 2.75) is 32.0 Å². The smallest absolute Gasteiger partial charge is 0.322 e. The molecule has 0 saturated carbocycles. The van der Waals surface area contributed by atoms with E-state index in [0.29, 0.717) is 13.0 Å². The third kappa shape index (κ3) is 2.61. The molecule has 6 heteroatoms. The maximum absolute atomic E-state index is 13.4. The van der Waals surface area contributed by atoms with Crippen LogP contribution >= 0.6 is 0 Å². The van der Waals surface area contributed by atoms with Crippen molar-refractivity contribution in [3.8, 4) is 0 Å². The van der Waals surface area contributed by atoms with Gasteiger partial charge in [0.25, 0.3) is 0 Å². The molecule has 2 fully saturated rings. The van der Waals surface area contributed by atoms with E-state index in [1.165, 1.54) is 0 Å². The van der Waals surface area contributed by atoms with Crippen molar-refractivity contribution in [2.24, 2.45) is 5.41 Å². The molecule has 0 spiro atoms. The van der Waals surface area contributed by atoms with Crippen LogP contribution in [-0.2, 0) is 25.5 Å².